The van der Waals surface area contributed by atoms with Crippen molar-refractivity contribution in [3.8, 4) is 0 Å². The molecule has 4 aromatic heterocycles. The first kappa shape index (κ1) is 49.1. The molecule has 4 aliphatic heterocycles. The first-order valence-corrected chi connectivity index (χ1v) is 22.7. The molecule has 0 saturated carbocycles. The fourth-order valence-electron chi connectivity index (χ4n) is 5.42. The van der Waals surface area contributed by atoms with Gasteiger partial charge in [-0.1, -0.05) is 24.3 Å². The molecule has 8 rings (SSSR count). The Kier molecular flexibility index (Phi) is 20.4. The van der Waals surface area contributed by atoms with Crippen LogP contribution in [0.1, 0.15) is 76.2 Å². The second-order valence-corrected chi connectivity index (χ2v) is 16.2. The third-order valence-corrected chi connectivity index (χ3v) is 11.4. The highest BCUT2D eigenvalue weighted by atomic mass is 32.1. The summed E-state index contributed by atoms with van der Waals surface area (Å²) in [6.45, 7) is 15.9. The number of hydrogen-bond donors (Lipinski definition) is 4. The summed E-state index contributed by atoms with van der Waals surface area (Å²) in [5, 5.41) is 19.7. The van der Waals surface area contributed by atoms with Crippen molar-refractivity contribution in [2.24, 2.45) is 20.4 Å². The second-order valence-electron chi connectivity index (χ2n) is 14.7. The van der Waals surface area contributed by atoms with Gasteiger partial charge in [-0.2, -0.15) is 20.4 Å². The molecule has 64 heavy (non-hydrogen) atoms. The van der Waals surface area contributed by atoms with Gasteiger partial charge in [0.05, 0.1) is 45.6 Å². The largest absolute Gasteiger partial charge is 0.348 e. The van der Waals surface area contributed by atoms with E-state index < -0.39 is 0 Å². The molecule has 20 heteroatoms. The Morgan fingerprint density at radius 3 is 0.719 bits per heavy atom. The lowest BCUT2D eigenvalue weighted by molar-refractivity contribution is 0.296. The number of pyridine rings is 4. The number of nitrogens with zero attached hydrogens (tertiary/aromatic N) is 12. The van der Waals surface area contributed by atoms with Crippen LogP contribution < -0.4 is 21.7 Å². The quantitative estimate of drug-likeness (QED) is 0.0989. The molecule has 0 spiro atoms. The normalized spacial score (nSPS) is 15.6. The van der Waals surface area contributed by atoms with E-state index in [1.807, 2.05) is 100 Å². The van der Waals surface area contributed by atoms with Gasteiger partial charge >= 0.3 is 0 Å². The summed E-state index contributed by atoms with van der Waals surface area (Å²) in [4.78, 5) is 25.2. The van der Waals surface area contributed by atoms with Crippen molar-refractivity contribution < 1.29 is 0 Å². The number of hydrogen-bond acceptors (Lipinski definition) is 12. The van der Waals surface area contributed by atoms with Crippen LogP contribution in [0.15, 0.2) is 118 Å². The fourth-order valence-corrected chi connectivity index (χ4v) is 6.34. The highest BCUT2D eigenvalue weighted by Crippen LogP contribution is 2.08. The first-order chi connectivity index (χ1) is 31.1. The maximum atomic E-state index is 5.18. The Bertz CT molecular complexity index is 1910. The molecule has 4 saturated heterocycles. The van der Waals surface area contributed by atoms with Crippen LogP contribution in [0.25, 0.3) is 0 Å². The molecule has 0 aliphatic carbocycles. The molecule has 0 radical (unpaired) electrons. The number of aromatic nitrogens is 4. The van der Waals surface area contributed by atoms with Gasteiger partial charge in [0.1, 0.15) is 0 Å². The average Bonchev–Trinajstić information content (AvgIpc) is 3.25. The third kappa shape index (κ3) is 16.3. The van der Waals surface area contributed by atoms with E-state index in [1.54, 1.807) is 24.8 Å². The van der Waals surface area contributed by atoms with E-state index in [1.165, 1.54) is 25.7 Å². The zero-order valence-electron chi connectivity index (χ0n) is 36.7. The van der Waals surface area contributed by atoms with Gasteiger partial charge in [0, 0.05) is 77.1 Å². The molecular formula is C44H56N16S4. The minimum absolute atomic E-state index is 0.696. The van der Waals surface area contributed by atoms with E-state index in [4.69, 9.17) is 48.9 Å². The van der Waals surface area contributed by atoms with Gasteiger partial charge in [-0.15, -0.1) is 0 Å². The van der Waals surface area contributed by atoms with Crippen molar-refractivity contribution in [3.05, 3.63) is 120 Å². The van der Waals surface area contributed by atoms with Gasteiger partial charge in [-0.05, 0) is 151 Å². The van der Waals surface area contributed by atoms with Crippen molar-refractivity contribution in [2.75, 3.05) is 52.4 Å². The lowest BCUT2D eigenvalue weighted by Gasteiger charge is -2.32. The van der Waals surface area contributed by atoms with Crippen LogP contribution in [-0.2, 0) is 0 Å². The van der Waals surface area contributed by atoms with Crippen molar-refractivity contribution >= 4 is 92.2 Å². The third-order valence-electron chi connectivity index (χ3n) is 9.99. The number of likely N-dealkylation sites (tertiary alicyclic amines) is 4. The molecule has 8 heterocycles. The number of rotatable bonds is 8. The van der Waals surface area contributed by atoms with Gasteiger partial charge in [0.15, 0.2) is 20.4 Å². The average molecular weight is 937 g/mol. The van der Waals surface area contributed by atoms with E-state index in [0.29, 0.717) is 20.4 Å². The highest BCUT2D eigenvalue weighted by molar-refractivity contribution is 7.80. The molecule has 4 aliphatic rings. The van der Waals surface area contributed by atoms with Crippen molar-refractivity contribution in [1.82, 2.24) is 61.2 Å². The minimum Gasteiger partial charge on any atom is -0.348 e. The molecule has 0 unspecified atom stereocenters. The molecule has 0 atom stereocenters. The summed E-state index contributed by atoms with van der Waals surface area (Å²) in [6.07, 6.45) is 11.9. The SMILES string of the molecule is C/C(=N\NC(=S)N1CCC1)c1ccccn1.C/C(=N\NC(=S)N1CCC1)c1ccccn1.C/C(=N\NC(=S)N1CCC1)c1ccccn1.C/C(=N\NC(=S)N1CCC1)c1ccccn1. The summed E-state index contributed by atoms with van der Waals surface area (Å²) in [7, 11) is 0. The van der Waals surface area contributed by atoms with Crippen LogP contribution in [0.3, 0.4) is 0 Å². The van der Waals surface area contributed by atoms with Gasteiger partial charge in [0.2, 0.25) is 0 Å². The maximum Gasteiger partial charge on any atom is 0.189 e. The minimum atomic E-state index is 0.696. The lowest BCUT2D eigenvalue weighted by atomic mass is 10.2. The molecule has 16 nitrogen and oxygen atoms in total. The molecular weight excluding hydrogens is 881 g/mol. The standard InChI is InChI=1S/4C11H14N4S/c4*1-9(10-5-2-3-6-12-10)13-14-11(16)15-7-4-8-15/h4*2-3,5-6H,4,7-8H2,1H3,(H,14,16)/b4*13-9+. The summed E-state index contributed by atoms with van der Waals surface area (Å²) in [5.41, 5.74) is 18.3. The van der Waals surface area contributed by atoms with Crippen LogP contribution >= 0.6 is 48.9 Å². The van der Waals surface area contributed by atoms with Crippen LogP contribution in [-0.4, -0.2) is 135 Å². The molecule has 4 fully saturated rings. The van der Waals surface area contributed by atoms with Gasteiger partial charge in [0.25, 0.3) is 0 Å². The van der Waals surface area contributed by atoms with Crippen molar-refractivity contribution in [2.45, 2.75) is 53.4 Å². The predicted octanol–water partition coefficient (Wildman–Crippen LogP) is 5.54. The van der Waals surface area contributed by atoms with Crippen LogP contribution in [0.5, 0.6) is 0 Å². The Hall–Kier alpha value is -5.96. The lowest BCUT2D eigenvalue weighted by Crippen LogP contribution is -2.46. The van der Waals surface area contributed by atoms with E-state index in [-0.39, 0.29) is 0 Å². The topological polar surface area (TPSA) is 162 Å². The van der Waals surface area contributed by atoms with Crippen molar-refractivity contribution in [1.29, 1.82) is 0 Å². The smallest absolute Gasteiger partial charge is 0.189 e. The van der Waals surface area contributed by atoms with Crippen LogP contribution in [0.2, 0.25) is 0 Å². The molecule has 0 amide bonds. The number of hydrazone groups is 4. The number of thiocarbonyl (C=S) groups is 4. The first-order valence-electron chi connectivity index (χ1n) is 21.1. The van der Waals surface area contributed by atoms with Gasteiger partial charge in [-0.25, -0.2) is 0 Å². The van der Waals surface area contributed by atoms with E-state index >= 15 is 0 Å². The molecule has 0 aromatic carbocycles. The monoisotopic (exact) mass is 936 g/mol. The Labute approximate surface area is 397 Å². The van der Waals surface area contributed by atoms with E-state index in [2.05, 4.69) is 81.6 Å². The molecule has 4 N–H and O–H groups in total. The number of nitrogens with one attached hydrogen (secondary N) is 4. The second kappa shape index (κ2) is 26.6. The predicted molar refractivity (Wildman–Crippen MR) is 273 cm³/mol. The van der Waals surface area contributed by atoms with E-state index in [9.17, 15) is 0 Å². The zero-order valence-corrected chi connectivity index (χ0v) is 40.0. The highest BCUT2D eigenvalue weighted by Gasteiger charge is 2.19. The Morgan fingerprint density at radius 1 is 0.375 bits per heavy atom. The maximum absolute atomic E-state index is 5.18. The summed E-state index contributed by atoms with van der Waals surface area (Å²) in [6, 6.07) is 23.0. The van der Waals surface area contributed by atoms with E-state index in [0.717, 1.165) is 98.0 Å². The fraction of sp³-hybridized carbons (Fsp3) is 0.364. The zero-order chi connectivity index (χ0) is 45.5. The molecule has 4 aromatic rings. The Balaban J connectivity index is 0.000000161. The molecule has 0 bridgehead atoms. The summed E-state index contributed by atoms with van der Waals surface area (Å²) in [5.74, 6) is 0. The Morgan fingerprint density at radius 2 is 0.578 bits per heavy atom. The van der Waals surface area contributed by atoms with Crippen LogP contribution in [0, 0.1) is 0 Å². The van der Waals surface area contributed by atoms with Crippen LogP contribution in [0.4, 0.5) is 0 Å². The molecule has 336 valence electrons. The summed E-state index contributed by atoms with van der Waals surface area (Å²) < 4.78 is 0. The van der Waals surface area contributed by atoms with Gasteiger partial charge < -0.3 is 19.6 Å². The van der Waals surface area contributed by atoms with Crippen molar-refractivity contribution in [3.63, 3.8) is 0 Å². The summed E-state index contributed by atoms with van der Waals surface area (Å²) >= 11 is 20.7. The van der Waals surface area contributed by atoms with Gasteiger partial charge in [-0.3, -0.25) is 41.6 Å².